The molecule has 0 saturated carbocycles. The lowest BCUT2D eigenvalue weighted by atomic mass is 10.0. The molecule has 2 aromatic rings. The van der Waals surface area contributed by atoms with E-state index in [4.69, 9.17) is 21.4 Å². The van der Waals surface area contributed by atoms with E-state index in [1.54, 1.807) is 0 Å². The highest BCUT2D eigenvalue weighted by Gasteiger charge is 2.43. The molecule has 2 aliphatic heterocycles. The molecule has 3 atom stereocenters. The van der Waals surface area contributed by atoms with Gasteiger partial charge in [-0.1, -0.05) is 11.6 Å². The molecule has 0 bridgehead atoms. The third-order valence-corrected chi connectivity index (χ3v) is 7.11. The van der Waals surface area contributed by atoms with Gasteiger partial charge in [0.25, 0.3) is 0 Å². The van der Waals surface area contributed by atoms with Gasteiger partial charge in [-0.25, -0.2) is 14.2 Å². The molecule has 10 heteroatoms. The van der Waals surface area contributed by atoms with Crippen molar-refractivity contribution in [3.05, 3.63) is 17.4 Å². The lowest BCUT2D eigenvalue weighted by Crippen LogP contribution is -2.37. The zero-order valence-corrected chi connectivity index (χ0v) is 19.4. The summed E-state index contributed by atoms with van der Waals surface area (Å²) in [7, 11) is 0. The first-order valence-corrected chi connectivity index (χ1v) is 13.3. The Morgan fingerprint density at radius 1 is 1.30 bits per heavy atom. The quantitative estimate of drug-likeness (QED) is 0.337. The molecule has 0 N–H and O–H groups in total. The predicted octanol–water partition coefficient (Wildman–Crippen LogP) is 4.18. The van der Waals surface area contributed by atoms with Crippen molar-refractivity contribution in [2.24, 2.45) is 11.8 Å². The van der Waals surface area contributed by atoms with E-state index in [-0.39, 0.29) is 6.09 Å². The molecule has 3 unspecified atom stereocenters. The molecule has 2 aliphatic rings. The van der Waals surface area contributed by atoms with Gasteiger partial charge in [-0.05, 0) is 42.8 Å². The van der Waals surface area contributed by atoms with Crippen molar-refractivity contribution in [1.29, 1.82) is 0 Å². The molecule has 0 aromatic carbocycles. The molecule has 0 radical (unpaired) electrons. The number of pyridine rings is 1. The van der Waals surface area contributed by atoms with Crippen LogP contribution in [0.25, 0.3) is 10.9 Å². The Kier molecular flexibility index (Phi) is 5.18. The second kappa shape index (κ2) is 7.19. The zero-order chi connectivity index (χ0) is 19.3. The van der Waals surface area contributed by atoms with Crippen molar-refractivity contribution >= 4 is 62.8 Å². The van der Waals surface area contributed by atoms with Crippen molar-refractivity contribution < 1.29 is 9.53 Å². The first-order valence-electron chi connectivity index (χ1n) is 8.89. The molecular formula is C17H22ClIN5O2P. The maximum absolute atomic E-state index is 12.3. The third kappa shape index (κ3) is 3.85. The second-order valence-electron chi connectivity index (χ2n) is 8.15. The molecule has 4 rings (SSSR count). The summed E-state index contributed by atoms with van der Waals surface area (Å²) >= 11 is 8.40. The van der Waals surface area contributed by atoms with Crippen LogP contribution in [0.15, 0.2) is 12.3 Å². The zero-order valence-electron chi connectivity index (χ0n) is 15.4. The Labute approximate surface area is 178 Å². The van der Waals surface area contributed by atoms with Crippen LogP contribution >= 0.6 is 40.0 Å². The Hall–Kier alpha value is -0.860. The summed E-state index contributed by atoms with van der Waals surface area (Å²) in [5.41, 5.74) is 0.561. The third-order valence-electron chi connectivity index (χ3n) is 5.03. The summed E-state index contributed by atoms with van der Waals surface area (Å²) in [6.07, 6.45) is 2.11. The van der Waals surface area contributed by atoms with Crippen LogP contribution in [0.3, 0.4) is 0 Å². The van der Waals surface area contributed by atoms with Gasteiger partial charge >= 0.3 is 6.09 Å². The van der Waals surface area contributed by atoms with Crippen LogP contribution in [0.2, 0.25) is 5.15 Å². The van der Waals surface area contributed by atoms with Gasteiger partial charge in [-0.15, -0.1) is 5.10 Å². The normalized spacial score (nSPS) is 23.0. The van der Waals surface area contributed by atoms with Gasteiger partial charge in [0.05, 0.1) is 17.3 Å². The first kappa shape index (κ1) is 19.5. The predicted molar refractivity (Wildman–Crippen MR) is 117 cm³/mol. The number of anilines is 1. The highest BCUT2D eigenvalue weighted by Crippen LogP contribution is 2.39. The van der Waals surface area contributed by atoms with Gasteiger partial charge in [0.1, 0.15) is 10.8 Å². The highest BCUT2D eigenvalue weighted by molar-refractivity contribution is 14.2. The topological polar surface area (TPSA) is 63.5 Å². The molecule has 7 nitrogen and oxygen atoms in total. The largest absolute Gasteiger partial charge is 0.444 e. The van der Waals surface area contributed by atoms with Gasteiger partial charge in [-0.2, -0.15) is 0 Å². The van der Waals surface area contributed by atoms with E-state index in [9.17, 15) is 4.79 Å². The Bertz CT molecular complexity index is 872. The molecule has 0 spiro atoms. The number of hydrogen-bond donors (Lipinski definition) is 0. The van der Waals surface area contributed by atoms with Gasteiger partial charge < -0.3 is 14.5 Å². The average molecular weight is 522 g/mol. The lowest BCUT2D eigenvalue weighted by Gasteiger charge is -2.26. The molecule has 0 aliphatic carbocycles. The van der Waals surface area contributed by atoms with E-state index in [1.165, 1.54) is 0 Å². The molecule has 146 valence electrons. The Balaban J connectivity index is 1.50. The number of fused-ring (bicyclic) bond motifs is 2. The van der Waals surface area contributed by atoms with Crippen LogP contribution in [0.1, 0.15) is 20.8 Å². The number of likely N-dealkylation sites (tertiary alicyclic amines) is 1. The fourth-order valence-corrected chi connectivity index (χ4v) is 5.57. The number of carbonyl (C=O) groups excluding carboxylic acids is 1. The minimum Gasteiger partial charge on any atom is -0.444 e. The van der Waals surface area contributed by atoms with Gasteiger partial charge in [0, 0.05) is 50.3 Å². The average Bonchev–Trinajstić information content (AvgIpc) is 3.22. The van der Waals surface area contributed by atoms with Crippen LogP contribution in [-0.2, 0) is 4.74 Å². The SMILES string of the molecule is CC(C)(C)OC(=O)N1CC2CN(c3nn(PI)c4cc(Cl)ncc34)CC2C1. The number of aromatic nitrogens is 3. The van der Waals surface area contributed by atoms with Crippen LogP contribution < -0.4 is 4.90 Å². The summed E-state index contributed by atoms with van der Waals surface area (Å²) in [6.45, 7) is 8.98. The van der Waals surface area contributed by atoms with Crippen molar-refractivity contribution in [2.75, 3.05) is 31.1 Å². The molecule has 2 fully saturated rings. The standard InChI is InChI=1S/C17H22ClIN5O2P/c1-17(2,3)26-16(25)23-8-10-6-22(7-11(10)9-23)15-12-5-20-14(18)4-13(12)24(21-15)27-19/h4-5,10-11,27H,6-9H2,1-3H3. The monoisotopic (exact) mass is 521 g/mol. The molecule has 4 heterocycles. The number of halogens is 2. The molecular weight excluding hydrogens is 500 g/mol. The van der Waals surface area contributed by atoms with E-state index in [2.05, 4.69) is 31.9 Å². The van der Waals surface area contributed by atoms with Crippen molar-refractivity contribution in [3.8, 4) is 0 Å². The number of ether oxygens (including phenoxy) is 1. The fourth-order valence-electron chi connectivity index (χ4n) is 3.91. The van der Waals surface area contributed by atoms with Crippen LogP contribution in [0, 0.1) is 11.8 Å². The smallest absolute Gasteiger partial charge is 0.410 e. The number of amides is 1. The molecule has 1 amide bonds. The van der Waals surface area contributed by atoms with E-state index in [1.807, 2.05) is 42.4 Å². The van der Waals surface area contributed by atoms with Crippen molar-refractivity contribution in [3.63, 3.8) is 0 Å². The second-order valence-corrected chi connectivity index (χ2v) is 10.6. The van der Waals surface area contributed by atoms with Gasteiger partial charge in [0.15, 0.2) is 5.82 Å². The first-order chi connectivity index (χ1) is 12.7. The lowest BCUT2D eigenvalue weighted by molar-refractivity contribution is 0.0282. The maximum Gasteiger partial charge on any atom is 0.410 e. The van der Waals surface area contributed by atoms with Crippen molar-refractivity contribution in [1.82, 2.24) is 19.4 Å². The minimum atomic E-state index is -0.457. The number of rotatable bonds is 2. The van der Waals surface area contributed by atoms with Crippen LogP contribution in [0.4, 0.5) is 10.6 Å². The summed E-state index contributed by atoms with van der Waals surface area (Å²) < 4.78 is 7.51. The number of hydrogen-bond acceptors (Lipinski definition) is 5. The van der Waals surface area contributed by atoms with E-state index < -0.39 is 5.60 Å². The van der Waals surface area contributed by atoms with E-state index in [0.29, 0.717) is 23.4 Å². The minimum absolute atomic E-state index is 0.205. The summed E-state index contributed by atoms with van der Waals surface area (Å²) in [5, 5.41) is 6.32. The molecule has 2 saturated heterocycles. The molecule has 27 heavy (non-hydrogen) atoms. The molecule has 2 aromatic heterocycles. The fraction of sp³-hybridized carbons (Fsp3) is 0.588. The highest BCUT2D eigenvalue weighted by atomic mass is 127. The van der Waals surface area contributed by atoms with Gasteiger partial charge in [0.2, 0.25) is 0 Å². The number of nitrogens with zero attached hydrogens (tertiary/aromatic N) is 5. The summed E-state index contributed by atoms with van der Waals surface area (Å²) in [5.74, 6) is 1.86. The van der Waals surface area contributed by atoms with Crippen LogP contribution in [-0.4, -0.2) is 57.3 Å². The van der Waals surface area contributed by atoms with E-state index >= 15 is 0 Å². The maximum atomic E-state index is 12.3. The summed E-state index contributed by atoms with van der Waals surface area (Å²) in [6, 6.07) is 1.88. The number of carbonyl (C=O) groups is 1. The van der Waals surface area contributed by atoms with E-state index in [0.717, 1.165) is 42.9 Å². The van der Waals surface area contributed by atoms with Gasteiger partial charge in [-0.3, -0.25) is 0 Å². The summed E-state index contributed by atoms with van der Waals surface area (Å²) in [4.78, 5) is 20.8. The Morgan fingerprint density at radius 2 is 1.96 bits per heavy atom. The Morgan fingerprint density at radius 3 is 2.56 bits per heavy atom. The van der Waals surface area contributed by atoms with Crippen molar-refractivity contribution in [2.45, 2.75) is 26.4 Å². The van der Waals surface area contributed by atoms with Crippen LogP contribution in [0.5, 0.6) is 0 Å².